The number of carbonyl (C=O) groups is 1. The molecule has 1 aliphatic rings. The summed E-state index contributed by atoms with van der Waals surface area (Å²) in [6.07, 6.45) is 6.28. The molecule has 1 atom stereocenters. The van der Waals surface area contributed by atoms with E-state index in [9.17, 15) is 4.79 Å². The first kappa shape index (κ1) is 11.0. The molecular formula is C14H14N2O2. The fraction of sp³-hybridized carbons (Fsp3) is 0.286. The lowest BCUT2D eigenvalue weighted by molar-refractivity contribution is 0.0691. The first-order valence-corrected chi connectivity index (χ1v) is 6.07. The third kappa shape index (κ3) is 1.90. The molecule has 4 nitrogen and oxygen atoms in total. The first-order chi connectivity index (χ1) is 8.74. The number of aromatic carboxylic acids is 1. The van der Waals surface area contributed by atoms with E-state index in [0.29, 0.717) is 6.04 Å². The smallest absolute Gasteiger partial charge is 0.356 e. The third-order valence-electron chi connectivity index (χ3n) is 3.56. The van der Waals surface area contributed by atoms with Crippen molar-refractivity contribution in [3.63, 3.8) is 0 Å². The van der Waals surface area contributed by atoms with Gasteiger partial charge in [-0.15, -0.1) is 0 Å². The Morgan fingerprint density at radius 2 is 2.11 bits per heavy atom. The summed E-state index contributed by atoms with van der Waals surface area (Å²) in [5.41, 5.74) is 2.89. The van der Waals surface area contributed by atoms with Gasteiger partial charge in [-0.3, -0.25) is 0 Å². The van der Waals surface area contributed by atoms with Crippen molar-refractivity contribution in [2.45, 2.75) is 25.3 Å². The van der Waals surface area contributed by atoms with Crippen molar-refractivity contribution in [3.05, 3.63) is 53.6 Å². The SMILES string of the molecule is O=C(O)c1cn(C2CCc3ccccc3C2)cn1. The highest BCUT2D eigenvalue weighted by molar-refractivity contribution is 5.84. The van der Waals surface area contributed by atoms with Crippen molar-refractivity contribution in [1.82, 2.24) is 9.55 Å². The van der Waals surface area contributed by atoms with Gasteiger partial charge in [0.15, 0.2) is 5.69 Å². The van der Waals surface area contributed by atoms with Crippen LogP contribution in [0.2, 0.25) is 0 Å². The summed E-state index contributed by atoms with van der Waals surface area (Å²) in [4.78, 5) is 14.7. The average molecular weight is 242 g/mol. The molecule has 0 aliphatic heterocycles. The molecule has 0 fully saturated rings. The summed E-state index contributed by atoms with van der Waals surface area (Å²) >= 11 is 0. The number of rotatable bonds is 2. The van der Waals surface area contributed by atoms with E-state index in [1.165, 1.54) is 11.1 Å². The van der Waals surface area contributed by atoms with Gasteiger partial charge < -0.3 is 9.67 Å². The zero-order chi connectivity index (χ0) is 12.5. The number of carboxylic acids is 1. The summed E-state index contributed by atoms with van der Waals surface area (Å²) in [5, 5.41) is 8.88. The quantitative estimate of drug-likeness (QED) is 0.879. The Labute approximate surface area is 105 Å². The van der Waals surface area contributed by atoms with Crippen LogP contribution in [-0.4, -0.2) is 20.6 Å². The predicted molar refractivity (Wildman–Crippen MR) is 66.7 cm³/mol. The lowest BCUT2D eigenvalue weighted by Gasteiger charge is -2.25. The molecule has 3 rings (SSSR count). The summed E-state index contributed by atoms with van der Waals surface area (Å²) in [7, 11) is 0. The first-order valence-electron chi connectivity index (χ1n) is 6.07. The van der Waals surface area contributed by atoms with Crippen LogP contribution >= 0.6 is 0 Å². The molecule has 0 saturated carbocycles. The molecule has 1 unspecified atom stereocenters. The number of fused-ring (bicyclic) bond motifs is 1. The van der Waals surface area contributed by atoms with E-state index in [4.69, 9.17) is 5.11 Å². The fourth-order valence-electron chi connectivity index (χ4n) is 2.58. The van der Waals surface area contributed by atoms with Gasteiger partial charge in [-0.05, 0) is 30.4 Å². The maximum absolute atomic E-state index is 10.8. The van der Waals surface area contributed by atoms with Gasteiger partial charge in [-0.25, -0.2) is 9.78 Å². The maximum atomic E-state index is 10.8. The monoisotopic (exact) mass is 242 g/mol. The third-order valence-corrected chi connectivity index (χ3v) is 3.56. The average Bonchev–Trinajstić information content (AvgIpc) is 2.88. The molecule has 1 N–H and O–H groups in total. The van der Waals surface area contributed by atoms with Crippen LogP contribution in [0.5, 0.6) is 0 Å². The van der Waals surface area contributed by atoms with Gasteiger partial charge in [-0.1, -0.05) is 24.3 Å². The molecule has 0 saturated heterocycles. The minimum absolute atomic E-state index is 0.119. The predicted octanol–water partition coefficient (Wildman–Crippen LogP) is 2.31. The molecule has 0 bridgehead atoms. The minimum Gasteiger partial charge on any atom is -0.476 e. The lowest BCUT2D eigenvalue weighted by atomic mass is 9.88. The highest BCUT2D eigenvalue weighted by Crippen LogP contribution is 2.28. The van der Waals surface area contributed by atoms with Crippen molar-refractivity contribution >= 4 is 5.97 Å². The van der Waals surface area contributed by atoms with Crippen molar-refractivity contribution in [1.29, 1.82) is 0 Å². The minimum atomic E-state index is -0.968. The van der Waals surface area contributed by atoms with E-state index in [-0.39, 0.29) is 5.69 Å². The van der Waals surface area contributed by atoms with Crippen molar-refractivity contribution < 1.29 is 9.90 Å². The number of hydrogen-bond acceptors (Lipinski definition) is 2. The molecule has 1 aromatic carbocycles. The largest absolute Gasteiger partial charge is 0.476 e. The summed E-state index contributed by atoms with van der Waals surface area (Å²) in [5.74, 6) is -0.968. The van der Waals surface area contributed by atoms with Crippen LogP contribution in [0, 0.1) is 0 Å². The van der Waals surface area contributed by atoms with Crippen LogP contribution < -0.4 is 0 Å². The Bertz CT molecular complexity index is 589. The normalized spacial score (nSPS) is 18.3. The Hall–Kier alpha value is -2.10. The second kappa shape index (κ2) is 4.29. The van der Waals surface area contributed by atoms with Crippen molar-refractivity contribution in [2.75, 3.05) is 0 Å². The highest BCUT2D eigenvalue weighted by atomic mass is 16.4. The van der Waals surface area contributed by atoms with E-state index >= 15 is 0 Å². The molecule has 18 heavy (non-hydrogen) atoms. The van der Waals surface area contributed by atoms with Gasteiger partial charge in [0.25, 0.3) is 0 Å². The molecule has 2 aromatic rings. The van der Waals surface area contributed by atoms with Crippen LogP contribution in [0.3, 0.4) is 0 Å². The Morgan fingerprint density at radius 1 is 1.33 bits per heavy atom. The molecule has 4 heteroatoms. The summed E-state index contributed by atoms with van der Waals surface area (Å²) in [6.45, 7) is 0. The number of imidazole rings is 1. The zero-order valence-electron chi connectivity index (χ0n) is 9.91. The van der Waals surface area contributed by atoms with Crippen LogP contribution in [0.4, 0.5) is 0 Å². The molecule has 0 amide bonds. The van der Waals surface area contributed by atoms with Gasteiger partial charge in [0.1, 0.15) is 0 Å². The van der Waals surface area contributed by atoms with E-state index in [1.54, 1.807) is 12.5 Å². The van der Waals surface area contributed by atoms with Crippen molar-refractivity contribution in [3.8, 4) is 0 Å². The Morgan fingerprint density at radius 3 is 2.83 bits per heavy atom. The standard InChI is InChI=1S/C14H14N2O2/c17-14(18)13-8-16(9-15-13)12-6-5-10-3-1-2-4-11(10)7-12/h1-4,8-9,12H,5-7H2,(H,17,18). The van der Waals surface area contributed by atoms with E-state index in [1.807, 2.05) is 4.57 Å². The molecule has 1 heterocycles. The highest BCUT2D eigenvalue weighted by Gasteiger charge is 2.20. The second-order valence-corrected chi connectivity index (χ2v) is 4.68. The zero-order valence-corrected chi connectivity index (χ0v) is 9.91. The van der Waals surface area contributed by atoms with Gasteiger partial charge in [0.05, 0.1) is 6.33 Å². The van der Waals surface area contributed by atoms with E-state index < -0.39 is 5.97 Å². The molecule has 0 radical (unpaired) electrons. The Balaban J connectivity index is 1.85. The number of aryl methyl sites for hydroxylation is 1. The molecule has 1 aromatic heterocycles. The summed E-state index contributed by atoms with van der Waals surface area (Å²) in [6, 6.07) is 8.76. The van der Waals surface area contributed by atoms with Gasteiger partial charge in [0, 0.05) is 12.2 Å². The second-order valence-electron chi connectivity index (χ2n) is 4.68. The maximum Gasteiger partial charge on any atom is 0.356 e. The number of benzene rings is 1. The fourth-order valence-corrected chi connectivity index (χ4v) is 2.58. The van der Waals surface area contributed by atoms with Crippen molar-refractivity contribution in [2.24, 2.45) is 0 Å². The van der Waals surface area contributed by atoms with Crippen LogP contribution in [0.15, 0.2) is 36.8 Å². The van der Waals surface area contributed by atoms with Crippen LogP contribution in [-0.2, 0) is 12.8 Å². The van der Waals surface area contributed by atoms with E-state index in [0.717, 1.165) is 19.3 Å². The van der Waals surface area contributed by atoms with Gasteiger partial charge >= 0.3 is 5.97 Å². The van der Waals surface area contributed by atoms with Gasteiger partial charge in [0.2, 0.25) is 0 Å². The number of aromatic nitrogens is 2. The van der Waals surface area contributed by atoms with Gasteiger partial charge in [-0.2, -0.15) is 0 Å². The topological polar surface area (TPSA) is 55.1 Å². The molecular weight excluding hydrogens is 228 g/mol. The summed E-state index contributed by atoms with van der Waals surface area (Å²) < 4.78 is 1.93. The Kier molecular flexibility index (Phi) is 2.63. The lowest BCUT2D eigenvalue weighted by Crippen LogP contribution is -2.17. The van der Waals surface area contributed by atoms with E-state index in [2.05, 4.69) is 29.2 Å². The van der Waals surface area contributed by atoms with Crippen LogP contribution in [0.25, 0.3) is 0 Å². The molecule has 0 spiro atoms. The number of nitrogens with zero attached hydrogens (tertiary/aromatic N) is 2. The number of hydrogen-bond donors (Lipinski definition) is 1. The molecule has 1 aliphatic carbocycles. The number of carboxylic acid groups (broad SMARTS) is 1. The molecule has 92 valence electrons. The van der Waals surface area contributed by atoms with Crippen LogP contribution in [0.1, 0.15) is 34.1 Å².